The first-order valence-corrected chi connectivity index (χ1v) is 4.26. The van der Waals surface area contributed by atoms with Crippen LogP contribution in [0.4, 0.5) is 0 Å². The van der Waals surface area contributed by atoms with E-state index in [1.807, 2.05) is 0 Å². The van der Waals surface area contributed by atoms with Crippen molar-refractivity contribution in [1.29, 1.82) is 0 Å². The second-order valence-corrected chi connectivity index (χ2v) is 3.39. The first-order chi connectivity index (χ1) is 6.05. The molecule has 0 aliphatic carbocycles. The number of carbonyl (C=O) groups excluding carboxylic acids is 3. The van der Waals surface area contributed by atoms with Crippen LogP contribution in [-0.2, 0) is 14.4 Å². The Bertz CT molecular complexity index is 268. The number of imide groups is 1. The number of likely N-dealkylation sites (N-methyl/N-ethyl adjacent to an activating group) is 1. The molecule has 5 nitrogen and oxygen atoms in total. The highest BCUT2D eigenvalue weighted by molar-refractivity contribution is 6.38. The Morgan fingerprint density at radius 2 is 2.23 bits per heavy atom. The minimum Gasteiger partial charge on any atom is -0.325 e. The topological polar surface area (TPSA) is 54.5 Å². The summed E-state index contributed by atoms with van der Waals surface area (Å²) >= 11 is 5.60. The Labute approximate surface area is 80.6 Å². The monoisotopic (exact) mass is 205 g/mol. The molecule has 0 N–H and O–H groups in total. The van der Waals surface area contributed by atoms with E-state index in [1.165, 1.54) is 4.90 Å². The second kappa shape index (κ2) is 3.43. The van der Waals surface area contributed by atoms with Crippen LogP contribution in [0.5, 0.6) is 0 Å². The van der Waals surface area contributed by atoms with Gasteiger partial charge in [-0.1, -0.05) is 4.00 Å². The first kappa shape index (κ1) is 10.1. The van der Waals surface area contributed by atoms with Gasteiger partial charge >= 0.3 is 18.2 Å². The van der Waals surface area contributed by atoms with Crippen molar-refractivity contribution < 1.29 is 18.4 Å². The van der Waals surface area contributed by atoms with E-state index in [4.69, 9.17) is 11.8 Å². The molecule has 0 bridgehead atoms. The van der Waals surface area contributed by atoms with E-state index in [9.17, 15) is 14.4 Å². The van der Waals surface area contributed by atoms with Crippen molar-refractivity contribution >= 4 is 30.0 Å². The second-order valence-electron chi connectivity index (χ2n) is 2.79. The van der Waals surface area contributed by atoms with Gasteiger partial charge < -0.3 is 4.90 Å². The van der Waals surface area contributed by atoms with Gasteiger partial charge in [-0.2, -0.15) is 0 Å². The standard InChI is InChI=1S/C7H10ClN2O3/c1-2-9-3-4-10(8,5-11)7(13)6(9)12/h5H,2-4H2,1H3/q+1. The fraction of sp³-hybridized carbons (Fsp3) is 0.571. The number of piperazine rings is 1. The van der Waals surface area contributed by atoms with Gasteiger partial charge in [-0.25, -0.2) is 9.59 Å². The molecule has 1 unspecified atom stereocenters. The highest BCUT2D eigenvalue weighted by Gasteiger charge is 2.47. The zero-order valence-electron chi connectivity index (χ0n) is 7.20. The maximum Gasteiger partial charge on any atom is 0.428 e. The van der Waals surface area contributed by atoms with Crippen molar-refractivity contribution in [2.75, 3.05) is 19.6 Å². The van der Waals surface area contributed by atoms with E-state index < -0.39 is 15.8 Å². The molecule has 13 heavy (non-hydrogen) atoms. The number of amides is 3. The van der Waals surface area contributed by atoms with Crippen LogP contribution in [0.15, 0.2) is 0 Å². The number of halogens is 1. The van der Waals surface area contributed by atoms with E-state index in [2.05, 4.69) is 0 Å². The lowest BCUT2D eigenvalue weighted by molar-refractivity contribution is -0.645. The summed E-state index contributed by atoms with van der Waals surface area (Å²) in [5, 5.41) is 0. The number of nitrogens with zero attached hydrogens (tertiary/aromatic N) is 2. The van der Waals surface area contributed by atoms with Crippen LogP contribution < -0.4 is 0 Å². The summed E-state index contributed by atoms with van der Waals surface area (Å²) in [5.41, 5.74) is 0. The van der Waals surface area contributed by atoms with Crippen molar-refractivity contribution in [3.05, 3.63) is 0 Å². The summed E-state index contributed by atoms with van der Waals surface area (Å²) in [6.45, 7) is 2.70. The molecule has 0 aromatic carbocycles. The summed E-state index contributed by atoms with van der Waals surface area (Å²) in [4.78, 5) is 34.4. The van der Waals surface area contributed by atoms with Crippen LogP contribution in [0, 0.1) is 0 Å². The highest BCUT2D eigenvalue weighted by Crippen LogP contribution is 2.16. The van der Waals surface area contributed by atoms with Crippen molar-refractivity contribution in [3.8, 4) is 0 Å². The van der Waals surface area contributed by atoms with E-state index in [1.54, 1.807) is 6.92 Å². The maximum absolute atomic E-state index is 11.3. The fourth-order valence-corrected chi connectivity index (χ4v) is 1.31. The third-order valence-corrected chi connectivity index (χ3v) is 2.45. The third-order valence-electron chi connectivity index (χ3n) is 2.05. The lowest BCUT2D eigenvalue weighted by atomic mass is 10.3. The molecule has 0 spiro atoms. The molecule has 1 saturated heterocycles. The predicted molar refractivity (Wildman–Crippen MR) is 44.3 cm³/mol. The molecule has 0 aromatic rings. The van der Waals surface area contributed by atoms with Gasteiger partial charge in [0, 0.05) is 6.54 Å². The summed E-state index contributed by atoms with van der Waals surface area (Å²) < 4.78 is -0.949. The van der Waals surface area contributed by atoms with Crippen molar-refractivity contribution in [2.45, 2.75) is 6.92 Å². The highest BCUT2D eigenvalue weighted by atomic mass is 35.5. The summed E-state index contributed by atoms with van der Waals surface area (Å²) in [6, 6.07) is 0. The summed E-state index contributed by atoms with van der Waals surface area (Å²) in [6.07, 6.45) is 0.286. The number of rotatable bonds is 2. The molecule has 72 valence electrons. The lowest BCUT2D eigenvalue weighted by Gasteiger charge is -2.29. The summed E-state index contributed by atoms with van der Waals surface area (Å²) in [5.74, 6) is -1.55. The van der Waals surface area contributed by atoms with Gasteiger partial charge in [0.25, 0.3) is 0 Å². The van der Waals surface area contributed by atoms with Crippen LogP contribution in [-0.4, -0.2) is 46.8 Å². The van der Waals surface area contributed by atoms with Gasteiger partial charge in [0.1, 0.15) is 6.54 Å². The van der Waals surface area contributed by atoms with Gasteiger partial charge in [0.05, 0.1) is 6.54 Å². The fourth-order valence-electron chi connectivity index (χ4n) is 1.17. The lowest BCUT2D eigenvalue weighted by Crippen LogP contribution is -2.60. The Morgan fingerprint density at radius 3 is 2.69 bits per heavy atom. The molecule has 1 fully saturated rings. The van der Waals surface area contributed by atoms with Gasteiger partial charge in [-0.05, 0) is 6.92 Å². The number of hydrogen-bond acceptors (Lipinski definition) is 3. The van der Waals surface area contributed by atoms with Crippen molar-refractivity contribution in [1.82, 2.24) is 4.90 Å². The Hall–Kier alpha value is -0.940. The zero-order chi connectivity index (χ0) is 10.1. The smallest absolute Gasteiger partial charge is 0.325 e. The number of hydrogen-bond donors (Lipinski definition) is 0. The van der Waals surface area contributed by atoms with Gasteiger partial charge in [0.15, 0.2) is 11.8 Å². The molecule has 3 amide bonds. The number of carbonyl (C=O) groups is 3. The normalized spacial score (nSPS) is 29.2. The van der Waals surface area contributed by atoms with Crippen molar-refractivity contribution in [3.63, 3.8) is 0 Å². The Balaban J connectivity index is 2.88. The Kier molecular flexibility index (Phi) is 2.68. The van der Waals surface area contributed by atoms with E-state index in [0.29, 0.717) is 13.1 Å². The predicted octanol–water partition coefficient (Wildman–Crippen LogP) is -0.498. The van der Waals surface area contributed by atoms with E-state index in [0.717, 1.165) is 0 Å². The van der Waals surface area contributed by atoms with Crippen LogP contribution in [0.25, 0.3) is 0 Å². The van der Waals surface area contributed by atoms with Crippen molar-refractivity contribution in [2.24, 2.45) is 0 Å². The molecule has 0 aromatic heterocycles. The first-order valence-electron chi connectivity index (χ1n) is 3.92. The van der Waals surface area contributed by atoms with Crippen LogP contribution in [0.2, 0.25) is 0 Å². The molecule has 1 heterocycles. The molecule has 1 aliphatic heterocycles. The van der Waals surface area contributed by atoms with Crippen LogP contribution in [0.3, 0.4) is 0 Å². The zero-order valence-corrected chi connectivity index (χ0v) is 7.95. The summed E-state index contributed by atoms with van der Waals surface area (Å²) in [7, 11) is 0. The minimum atomic E-state index is -0.949. The van der Waals surface area contributed by atoms with Gasteiger partial charge in [0.2, 0.25) is 0 Å². The molecule has 1 rings (SSSR count). The molecular weight excluding hydrogens is 196 g/mol. The third kappa shape index (κ3) is 1.57. The number of quaternary nitrogens is 1. The average Bonchev–Trinajstić information content (AvgIpc) is 2.15. The maximum atomic E-state index is 11.3. The Morgan fingerprint density at radius 1 is 1.62 bits per heavy atom. The average molecular weight is 206 g/mol. The van der Waals surface area contributed by atoms with E-state index >= 15 is 0 Å². The molecule has 0 radical (unpaired) electrons. The SMILES string of the molecule is CCN1CC[N+](Cl)(C=O)C(=O)C1=O. The molecular formula is C7H10ClN2O3+. The van der Waals surface area contributed by atoms with Gasteiger partial charge in [-0.15, -0.1) is 0 Å². The molecule has 1 atom stereocenters. The molecule has 6 heteroatoms. The van der Waals surface area contributed by atoms with Crippen LogP contribution in [0.1, 0.15) is 6.92 Å². The molecule has 0 saturated carbocycles. The quantitative estimate of drug-likeness (QED) is 0.347. The van der Waals surface area contributed by atoms with Crippen LogP contribution >= 0.6 is 11.8 Å². The minimum absolute atomic E-state index is 0.142. The van der Waals surface area contributed by atoms with E-state index in [-0.39, 0.29) is 13.0 Å². The molecule has 1 aliphatic rings. The van der Waals surface area contributed by atoms with Gasteiger partial charge in [-0.3, -0.25) is 4.79 Å². The largest absolute Gasteiger partial charge is 0.428 e.